The normalized spacial score (nSPS) is 17.4. The average molecular weight is 328 g/mol. The first-order valence-corrected chi connectivity index (χ1v) is 8.20. The van der Waals surface area contributed by atoms with Crippen molar-refractivity contribution in [2.45, 2.75) is 58.3 Å². The van der Waals surface area contributed by atoms with E-state index >= 15 is 0 Å². The van der Waals surface area contributed by atoms with E-state index in [-0.39, 0.29) is 17.9 Å². The van der Waals surface area contributed by atoms with E-state index in [1.165, 1.54) is 0 Å². The number of rotatable bonds is 2. The van der Waals surface area contributed by atoms with Gasteiger partial charge in [0, 0.05) is 18.9 Å². The van der Waals surface area contributed by atoms with E-state index in [0.717, 1.165) is 44.6 Å². The Hall–Kier alpha value is -1.85. The van der Waals surface area contributed by atoms with Crippen LogP contribution in [0.4, 0.5) is 0 Å². The van der Waals surface area contributed by atoms with Crippen molar-refractivity contribution >= 4 is 17.9 Å². The van der Waals surface area contributed by atoms with E-state index in [2.05, 4.69) is 11.3 Å². The van der Waals surface area contributed by atoms with Crippen molar-refractivity contribution in [1.82, 2.24) is 0 Å². The Balaban J connectivity index is 0.000000317. The summed E-state index contributed by atoms with van der Waals surface area (Å²) in [6, 6.07) is 0. The van der Waals surface area contributed by atoms with Gasteiger partial charge in [-0.3, -0.25) is 9.59 Å². The van der Waals surface area contributed by atoms with Gasteiger partial charge in [-0.1, -0.05) is 6.58 Å². The molecule has 0 aromatic rings. The molecule has 0 bridgehead atoms. The summed E-state index contributed by atoms with van der Waals surface area (Å²) < 4.78 is 14.0. The molecule has 132 valence electrons. The van der Waals surface area contributed by atoms with Crippen LogP contribution in [0.1, 0.15) is 58.3 Å². The summed E-state index contributed by atoms with van der Waals surface area (Å²) in [5.74, 6) is -0.410. The molecule has 6 heteroatoms. The molecule has 2 fully saturated rings. The van der Waals surface area contributed by atoms with Gasteiger partial charge in [-0.05, 0) is 45.4 Å². The summed E-state index contributed by atoms with van der Waals surface area (Å²) in [5.41, 5.74) is 0. The number of esters is 3. The lowest BCUT2D eigenvalue weighted by molar-refractivity contribution is -0.143. The van der Waals surface area contributed by atoms with E-state index < -0.39 is 0 Å². The summed E-state index contributed by atoms with van der Waals surface area (Å²) in [7, 11) is 0. The maximum Gasteiger partial charge on any atom is 0.330 e. The van der Waals surface area contributed by atoms with Crippen LogP contribution in [0.2, 0.25) is 0 Å². The summed E-state index contributed by atoms with van der Waals surface area (Å²) in [6.45, 7) is 6.65. The van der Waals surface area contributed by atoms with Crippen LogP contribution >= 0.6 is 0 Å². The zero-order valence-electron chi connectivity index (χ0n) is 14.0. The molecule has 2 heterocycles. The Morgan fingerprint density at radius 2 is 1.48 bits per heavy atom. The van der Waals surface area contributed by atoms with Gasteiger partial charge >= 0.3 is 17.9 Å². The van der Waals surface area contributed by atoms with Crippen molar-refractivity contribution in [2.75, 3.05) is 19.8 Å². The molecule has 2 aliphatic heterocycles. The highest BCUT2D eigenvalue weighted by molar-refractivity contribution is 5.81. The lowest BCUT2D eigenvalue weighted by atomic mass is 10.2. The van der Waals surface area contributed by atoms with Crippen molar-refractivity contribution in [2.24, 2.45) is 0 Å². The highest BCUT2D eigenvalue weighted by Crippen LogP contribution is 2.07. The fourth-order valence-corrected chi connectivity index (χ4v) is 1.81. The van der Waals surface area contributed by atoms with Crippen LogP contribution in [0.15, 0.2) is 12.7 Å². The first-order chi connectivity index (χ1) is 11.1. The molecule has 0 saturated carbocycles. The molecule has 23 heavy (non-hydrogen) atoms. The lowest BCUT2D eigenvalue weighted by Gasteiger charge is -1.93. The number of hydrogen-bond donors (Lipinski definition) is 0. The molecule has 0 radical (unpaired) electrons. The van der Waals surface area contributed by atoms with E-state index in [0.29, 0.717) is 32.7 Å². The standard InChI is InChI=1S/2C6H10O2.C5H8O2/c2*7-6-4-2-1-3-5-8-6;1-3-5(6)7-4-2/h2*1-5H2;3H,1,4H2,2H3. The van der Waals surface area contributed by atoms with Crippen molar-refractivity contribution < 1.29 is 28.6 Å². The smallest absolute Gasteiger partial charge is 0.330 e. The third kappa shape index (κ3) is 14.8. The van der Waals surface area contributed by atoms with Crippen LogP contribution in [-0.2, 0) is 28.6 Å². The van der Waals surface area contributed by atoms with Crippen LogP contribution in [-0.4, -0.2) is 37.7 Å². The number of ether oxygens (including phenoxy) is 3. The van der Waals surface area contributed by atoms with Gasteiger partial charge in [0.2, 0.25) is 0 Å². The number of cyclic esters (lactones) is 2. The van der Waals surface area contributed by atoms with E-state index in [4.69, 9.17) is 9.47 Å². The molecule has 2 rings (SSSR count). The maximum absolute atomic E-state index is 10.5. The average Bonchev–Trinajstić information content (AvgIpc) is 2.93. The van der Waals surface area contributed by atoms with Gasteiger partial charge in [0.05, 0.1) is 19.8 Å². The van der Waals surface area contributed by atoms with Crippen molar-refractivity contribution in [3.05, 3.63) is 12.7 Å². The molecular formula is C17H28O6. The Labute approximate surface area is 138 Å². The van der Waals surface area contributed by atoms with Gasteiger partial charge in [0.1, 0.15) is 0 Å². The topological polar surface area (TPSA) is 78.9 Å². The molecule has 2 saturated heterocycles. The fraction of sp³-hybridized carbons (Fsp3) is 0.706. The van der Waals surface area contributed by atoms with Crippen LogP contribution < -0.4 is 0 Å². The first kappa shape index (κ1) is 21.1. The molecule has 0 aliphatic carbocycles. The molecule has 0 atom stereocenters. The van der Waals surface area contributed by atoms with Crippen LogP contribution in [0.5, 0.6) is 0 Å². The lowest BCUT2D eigenvalue weighted by Crippen LogP contribution is -2.00. The molecule has 0 aromatic carbocycles. The van der Waals surface area contributed by atoms with Gasteiger partial charge in [-0.25, -0.2) is 4.79 Å². The van der Waals surface area contributed by atoms with E-state index in [9.17, 15) is 14.4 Å². The zero-order valence-corrected chi connectivity index (χ0v) is 14.0. The minimum Gasteiger partial charge on any atom is -0.466 e. The summed E-state index contributed by atoms with van der Waals surface area (Å²) in [6.07, 6.45) is 8.80. The molecule has 0 unspecified atom stereocenters. The highest BCUT2D eigenvalue weighted by atomic mass is 16.5. The van der Waals surface area contributed by atoms with Gasteiger partial charge in [-0.2, -0.15) is 0 Å². The Bertz CT molecular complexity index is 320. The Kier molecular flexibility index (Phi) is 13.8. The SMILES string of the molecule is C=CC(=O)OCC.O=C1CCCCCO1.O=C1CCCCCO1. The molecule has 0 amide bonds. The van der Waals surface area contributed by atoms with Crippen LogP contribution in [0, 0.1) is 0 Å². The maximum atomic E-state index is 10.5. The minimum absolute atomic E-state index is 0.0255. The molecular weight excluding hydrogens is 300 g/mol. The molecule has 6 nitrogen and oxygen atoms in total. The largest absolute Gasteiger partial charge is 0.466 e. The molecule has 0 spiro atoms. The van der Waals surface area contributed by atoms with E-state index in [1.807, 2.05) is 0 Å². The molecule has 0 aromatic heterocycles. The van der Waals surface area contributed by atoms with Crippen LogP contribution in [0.3, 0.4) is 0 Å². The second-order valence-electron chi connectivity index (χ2n) is 5.02. The monoisotopic (exact) mass is 328 g/mol. The number of carbonyl (C=O) groups is 3. The fourth-order valence-electron chi connectivity index (χ4n) is 1.81. The molecule has 2 aliphatic rings. The Morgan fingerprint density at radius 1 is 1.00 bits per heavy atom. The van der Waals surface area contributed by atoms with Gasteiger partial charge in [0.15, 0.2) is 0 Å². The summed E-state index contributed by atoms with van der Waals surface area (Å²) in [5, 5.41) is 0. The van der Waals surface area contributed by atoms with Gasteiger partial charge < -0.3 is 14.2 Å². The van der Waals surface area contributed by atoms with Gasteiger partial charge in [-0.15, -0.1) is 0 Å². The van der Waals surface area contributed by atoms with Crippen molar-refractivity contribution in [3.63, 3.8) is 0 Å². The predicted molar refractivity (Wildman–Crippen MR) is 85.7 cm³/mol. The second kappa shape index (κ2) is 15.1. The molecule has 0 N–H and O–H groups in total. The number of hydrogen-bond acceptors (Lipinski definition) is 6. The van der Waals surface area contributed by atoms with Crippen LogP contribution in [0.25, 0.3) is 0 Å². The predicted octanol–water partition coefficient (Wildman–Crippen LogP) is 2.94. The number of carbonyl (C=O) groups excluding carboxylic acids is 3. The first-order valence-electron chi connectivity index (χ1n) is 8.20. The second-order valence-corrected chi connectivity index (χ2v) is 5.02. The summed E-state index contributed by atoms with van der Waals surface area (Å²) >= 11 is 0. The van der Waals surface area contributed by atoms with Gasteiger partial charge in [0.25, 0.3) is 0 Å². The third-order valence-corrected chi connectivity index (χ3v) is 3.03. The van der Waals surface area contributed by atoms with E-state index in [1.54, 1.807) is 6.92 Å². The summed E-state index contributed by atoms with van der Waals surface area (Å²) in [4.78, 5) is 31.0. The minimum atomic E-state index is -0.359. The van der Waals surface area contributed by atoms with Crippen molar-refractivity contribution in [3.8, 4) is 0 Å². The zero-order chi connectivity index (χ0) is 17.3. The highest BCUT2D eigenvalue weighted by Gasteiger charge is 2.06. The quantitative estimate of drug-likeness (QED) is 0.440. The third-order valence-electron chi connectivity index (χ3n) is 3.03. The Morgan fingerprint density at radius 3 is 1.83 bits per heavy atom. The van der Waals surface area contributed by atoms with Crippen molar-refractivity contribution in [1.29, 1.82) is 0 Å².